The van der Waals surface area contributed by atoms with Crippen LogP contribution in [0.15, 0.2) is 34.9 Å². The topological polar surface area (TPSA) is 101 Å². The van der Waals surface area contributed by atoms with E-state index < -0.39 is 6.04 Å². The highest BCUT2D eigenvalue weighted by atomic mass is 16.5. The molecule has 0 aliphatic rings. The second-order valence-electron chi connectivity index (χ2n) is 4.62. The Hall–Kier alpha value is -2.34. The Morgan fingerprint density at radius 2 is 2.15 bits per heavy atom. The Bertz CT molecular complexity index is 578. The van der Waals surface area contributed by atoms with Gasteiger partial charge in [-0.3, -0.25) is 4.79 Å². The predicted octanol–water partition coefficient (Wildman–Crippen LogP) is 0.875. The first kappa shape index (κ1) is 14.1. The Labute approximate surface area is 116 Å². The zero-order valence-electron chi connectivity index (χ0n) is 11.2. The zero-order chi connectivity index (χ0) is 14.5. The highest BCUT2D eigenvalue weighted by Crippen LogP contribution is 2.11. The van der Waals surface area contributed by atoms with Gasteiger partial charge in [0, 0.05) is 6.07 Å². The molecule has 2 rings (SSSR count). The van der Waals surface area contributed by atoms with Gasteiger partial charge in [0.05, 0.1) is 12.6 Å². The highest BCUT2D eigenvalue weighted by Gasteiger charge is 2.14. The number of rotatable bonds is 5. The van der Waals surface area contributed by atoms with Crippen molar-refractivity contribution in [1.82, 2.24) is 10.5 Å². The van der Waals surface area contributed by atoms with Crippen molar-refractivity contribution in [2.24, 2.45) is 5.73 Å². The van der Waals surface area contributed by atoms with Crippen LogP contribution in [0.4, 0.5) is 0 Å². The lowest BCUT2D eigenvalue weighted by Crippen LogP contribution is -2.41. The van der Waals surface area contributed by atoms with E-state index in [0.29, 0.717) is 24.4 Å². The fourth-order valence-corrected chi connectivity index (χ4v) is 1.79. The van der Waals surface area contributed by atoms with Gasteiger partial charge in [0.25, 0.3) is 0 Å². The third-order valence-corrected chi connectivity index (χ3v) is 2.85. The maximum Gasteiger partial charge on any atom is 0.237 e. The van der Waals surface area contributed by atoms with Crippen LogP contribution in [0.3, 0.4) is 0 Å². The number of amides is 1. The molecule has 1 unspecified atom stereocenters. The molecule has 4 N–H and O–H groups in total. The highest BCUT2D eigenvalue weighted by molar-refractivity contribution is 5.81. The number of nitrogens with zero attached hydrogens (tertiary/aromatic N) is 1. The molecule has 0 aliphatic heterocycles. The monoisotopic (exact) mass is 275 g/mol. The molecular weight excluding hydrogens is 258 g/mol. The van der Waals surface area contributed by atoms with E-state index in [1.807, 2.05) is 0 Å². The van der Waals surface area contributed by atoms with Crippen molar-refractivity contribution in [3.8, 4) is 5.75 Å². The van der Waals surface area contributed by atoms with Gasteiger partial charge in [-0.05, 0) is 31.0 Å². The van der Waals surface area contributed by atoms with E-state index >= 15 is 0 Å². The van der Waals surface area contributed by atoms with Gasteiger partial charge in [0.15, 0.2) is 0 Å². The number of aromatic hydroxyl groups is 1. The number of hydrogen-bond acceptors (Lipinski definition) is 5. The Balaban J connectivity index is 1.84. The van der Waals surface area contributed by atoms with E-state index in [4.69, 9.17) is 10.3 Å². The van der Waals surface area contributed by atoms with Gasteiger partial charge in [0.1, 0.15) is 17.2 Å². The van der Waals surface area contributed by atoms with Crippen molar-refractivity contribution >= 4 is 5.91 Å². The molecule has 0 saturated heterocycles. The Kier molecular flexibility index (Phi) is 4.37. The summed E-state index contributed by atoms with van der Waals surface area (Å²) in [5.74, 6) is 0.634. The largest absolute Gasteiger partial charge is 0.508 e. The summed E-state index contributed by atoms with van der Waals surface area (Å²) in [4.78, 5) is 11.9. The molecule has 6 heteroatoms. The summed E-state index contributed by atoms with van der Waals surface area (Å²) in [5, 5.41) is 15.7. The van der Waals surface area contributed by atoms with Crippen LogP contribution in [0, 0.1) is 6.92 Å². The number of carbonyl (C=O) groups excluding carboxylic acids is 1. The van der Waals surface area contributed by atoms with Crippen molar-refractivity contribution in [3.63, 3.8) is 0 Å². The average Bonchev–Trinajstić information content (AvgIpc) is 2.84. The molecule has 1 atom stereocenters. The van der Waals surface area contributed by atoms with Crippen LogP contribution in [0.1, 0.15) is 17.0 Å². The number of carbonyl (C=O) groups is 1. The van der Waals surface area contributed by atoms with E-state index in [2.05, 4.69) is 10.5 Å². The first-order chi connectivity index (χ1) is 9.54. The molecule has 0 radical (unpaired) electrons. The lowest BCUT2D eigenvalue weighted by atomic mass is 10.1. The number of phenolic OH excluding ortho intramolecular Hbond substituents is 1. The summed E-state index contributed by atoms with van der Waals surface area (Å²) in [7, 11) is 0. The van der Waals surface area contributed by atoms with Crippen molar-refractivity contribution in [3.05, 3.63) is 47.3 Å². The lowest BCUT2D eigenvalue weighted by molar-refractivity contribution is -0.122. The molecule has 6 nitrogen and oxygen atoms in total. The Morgan fingerprint density at radius 1 is 1.45 bits per heavy atom. The zero-order valence-corrected chi connectivity index (χ0v) is 11.2. The quantitative estimate of drug-likeness (QED) is 0.751. The smallest absolute Gasteiger partial charge is 0.237 e. The summed E-state index contributed by atoms with van der Waals surface area (Å²) in [5.41, 5.74) is 7.39. The van der Waals surface area contributed by atoms with E-state index in [1.165, 1.54) is 0 Å². The minimum atomic E-state index is -0.646. The van der Waals surface area contributed by atoms with Crippen LogP contribution in [-0.4, -0.2) is 22.2 Å². The number of nitrogens with one attached hydrogen (secondary N) is 1. The number of nitrogens with two attached hydrogens (primary N) is 1. The van der Waals surface area contributed by atoms with Gasteiger partial charge in [0.2, 0.25) is 5.91 Å². The number of phenols is 1. The summed E-state index contributed by atoms with van der Waals surface area (Å²) >= 11 is 0. The van der Waals surface area contributed by atoms with Crippen molar-refractivity contribution < 1.29 is 14.4 Å². The standard InChI is InChI=1S/C14H17N3O3/c1-9-6-11(17-20-9)8-16-14(19)13(15)7-10-2-4-12(18)5-3-10/h2-6,13,18H,7-8,15H2,1H3,(H,16,19). The Morgan fingerprint density at radius 3 is 2.75 bits per heavy atom. The first-order valence-corrected chi connectivity index (χ1v) is 6.28. The van der Waals surface area contributed by atoms with Crippen LogP contribution in [0.5, 0.6) is 5.75 Å². The van der Waals surface area contributed by atoms with Gasteiger partial charge >= 0.3 is 0 Å². The molecule has 0 spiro atoms. The molecular formula is C14H17N3O3. The third-order valence-electron chi connectivity index (χ3n) is 2.85. The van der Waals surface area contributed by atoms with Crippen molar-refractivity contribution in [1.29, 1.82) is 0 Å². The predicted molar refractivity (Wildman–Crippen MR) is 72.9 cm³/mol. The summed E-state index contributed by atoms with van der Waals surface area (Å²) in [6.07, 6.45) is 0.407. The SMILES string of the molecule is Cc1cc(CNC(=O)C(N)Cc2ccc(O)cc2)no1. The number of aromatic nitrogens is 1. The van der Waals surface area contributed by atoms with E-state index in [9.17, 15) is 9.90 Å². The van der Waals surface area contributed by atoms with Gasteiger partial charge in [-0.2, -0.15) is 0 Å². The second-order valence-corrected chi connectivity index (χ2v) is 4.62. The molecule has 0 aliphatic carbocycles. The molecule has 1 aromatic heterocycles. The van der Waals surface area contributed by atoms with Crippen LogP contribution < -0.4 is 11.1 Å². The van der Waals surface area contributed by atoms with Crippen LogP contribution in [0.25, 0.3) is 0 Å². The molecule has 1 heterocycles. The van der Waals surface area contributed by atoms with Gasteiger partial charge in [-0.1, -0.05) is 17.3 Å². The van der Waals surface area contributed by atoms with Crippen LogP contribution in [-0.2, 0) is 17.8 Å². The second kappa shape index (κ2) is 6.21. The normalized spacial score (nSPS) is 12.1. The molecule has 1 aromatic carbocycles. The van der Waals surface area contributed by atoms with Crippen molar-refractivity contribution in [2.75, 3.05) is 0 Å². The molecule has 0 bridgehead atoms. The summed E-state index contributed by atoms with van der Waals surface area (Å²) in [6.45, 7) is 2.08. The van der Waals surface area contributed by atoms with Crippen LogP contribution >= 0.6 is 0 Å². The number of aryl methyl sites for hydroxylation is 1. The maximum atomic E-state index is 11.9. The molecule has 2 aromatic rings. The number of benzene rings is 1. The summed E-state index contributed by atoms with van der Waals surface area (Å²) in [6, 6.07) is 7.72. The molecule has 20 heavy (non-hydrogen) atoms. The maximum absolute atomic E-state index is 11.9. The van der Waals surface area contributed by atoms with Crippen molar-refractivity contribution in [2.45, 2.75) is 25.9 Å². The molecule has 106 valence electrons. The molecule has 1 amide bonds. The van der Waals surface area contributed by atoms with E-state index in [0.717, 1.165) is 5.56 Å². The molecule has 0 fully saturated rings. The summed E-state index contributed by atoms with van der Waals surface area (Å²) < 4.78 is 4.91. The van der Waals surface area contributed by atoms with Gasteiger partial charge in [-0.15, -0.1) is 0 Å². The van der Waals surface area contributed by atoms with Gasteiger partial charge < -0.3 is 20.7 Å². The first-order valence-electron chi connectivity index (χ1n) is 6.28. The fourth-order valence-electron chi connectivity index (χ4n) is 1.79. The number of hydrogen-bond donors (Lipinski definition) is 3. The third kappa shape index (κ3) is 3.83. The average molecular weight is 275 g/mol. The minimum absolute atomic E-state index is 0.188. The van der Waals surface area contributed by atoms with E-state index in [1.54, 1.807) is 37.3 Å². The van der Waals surface area contributed by atoms with E-state index in [-0.39, 0.29) is 11.7 Å². The fraction of sp³-hybridized carbons (Fsp3) is 0.286. The molecule has 0 saturated carbocycles. The van der Waals surface area contributed by atoms with Gasteiger partial charge in [-0.25, -0.2) is 0 Å². The van der Waals surface area contributed by atoms with Crippen LogP contribution in [0.2, 0.25) is 0 Å². The lowest BCUT2D eigenvalue weighted by Gasteiger charge is -2.11. The minimum Gasteiger partial charge on any atom is -0.508 e.